The fraction of sp³-hybridized carbons (Fsp3) is 0.318. The molecule has 0 radical (unpaired) electrons. The third-order valence-electron chi connectivity index (χ3n) is 5.24. The van der Waals surface area contributed by atoms with Gasteiger partial charge in [0.05, 0.1) is 23.8 Å². The summed E-state index contributed by atoms with van der Waals surface area (Å²) in [5.74, 6) is 0.336. The van der Waals surface area contributed by atoms with Crippen LogP contribution in [0.4, 0.5) is 5.69 Å². The van der Waals surface area contributed by atoms with Gasteiger partial charge in [-0.05, 0) is 36.2 Å². The van der Waals surface area contributed by atoms with Crippen LogP contribution in [0.15, 0.2) is 51.9 Å². The van der Waals surface area contributed by atoms with Gasteiger partial charge in [0.25, 0.3) is 5.91 Å². The number of amides is 1. The van der Waals surface area contributed by atoms with Crippen molar-refractivity contribution in [3.63, 3.8) is 0 Å². The number of aromatic nitrogens is 2. The van der Waals surface area contributed by atoms with E-state index in [1.54, 1.807) is 43.3 Å². The van der Waals surface area contributed by atoms with Gasteiger partial charge >= 0.3 is 0 Å². The van der Waals surface area contributed by atoms with Crippen LogP contribution >= 0.6 is 0 Å². The normalized spacial score (nSPS) is 14.9. The Bertz CT molecular complexity index is 1230. The molecule has 4 rings (SSSR count). The van der Waals surface area contributed by atoms with Crippen LogP contribution in [-0.4, -0.2) is 55.1 Å². The Labute approximate surface area is 186 Å². The summed E-state index contributed by atoms with van der Waals surface area (Å²) in [6.07, 6.45) is 0.529. The summed E-state index contributed by atoms with van der Waals surface area (Å²) >= 11 is 0. The number of aryl methyl sites for hydroxylation is 2. The maximum Gasteiger partial charge on any atom is 0.255 e. The van der Waals surface area contributed by atoms with Gasteiger partial charge in [0.1, 0.15) is 0 Å². The molecule has 1 saturated heterocycles. The highest BCUT2D eigenvalue weighted by Gasteiger charge is 2.29. The molecule has 1 aliphatic heterocycles. The molecule has 3 aromatic rings. The Kier molecular flexibility index (Phi) is 6.35. The predicted octanol–water partition coefficient (Wildman–Crippen LogP) is 2.88. The summed E-state index contributed by atoms with van der Waals surface area (Å²) in [5.41, 5.74) is 2.00. The van der Waals surface area contributed by atoms with Crippen molar-refractivity contribution in [2.45, 2.75) is 25.2 Å². The van der Waals surface area contributed by atoms with Gasteiger partial charge < -0.3 is 14.6 Å². The van der Waals surface area contributed by atoms with E-state index in [1.807, 2.05) is 6.92 Å². The maximum atomic E-state index is 13.3. The molecular formula is C22H24N4O5S. The quantitative estimate of drug-likeness (QED) is 0.606. The number of nitrogens with one attached hydrogen (secondary N) is 1. The molecule has 1 aliphatic rings. The van der Waals surface area contributed by atoms with Crippen LogP contribution in [0.2, 0.25) is 0 Å². The zero-order valence-electron chi connectivity index (χ0n) is 17.9. The van der Waals surface area contributed by atoms with Gasteiger partial charge in [-0.1, -0.05) is 30.3 Å². The number of nitrogens with zero attached hydrogens (tertiary/aromatic N) is 3. The topological polar surface area (TPSA) is 115 Å². The van der Waals surface area contributed by atoms with Crippen LogP contribution in [0, 0.1) is 6.92 Å². The van der Waals surface area contributed by atoms with Crippen LogP contribution < -0.4 is 5.32 Å². The second kappa shape index (κ2) is 9.19. The number of anilines is 1. The van der Waals surface area contributed by atoms with Gasteiger partial charge in [-0.15, -0.1) is 0 Å². The third-order valence-corrected chi connectivity index (χ3v) is 7.22. The van der Waals surface area contributed by atoms with Crippen LogP contribution in [0.25, 0.3) is 11.4 Å². The lowest BCUT2D eigenvalue weighted by atomic mass is 10.1. The molecule has 0 saturated carbocycles. The molecule has 9 nitrogen and oxygen atoms in total. The van der Waals surface area contributed by atoms with Crippen molar-refractivity contribution < 1.29 is 22.5 Å². The summed E-state index contributed by atoms with van der Waals surface area (Å²) in [4.78, 5) is 17.4. The van der Waals surface area contributed by atoms with E-state index in [1.165, 1.54) is 10.4 Å². The van der Waals surface area contributed by atoms with Crippen molar-refractivity contribution in [3.05, 3.63) is 59.5 Å². The molecule has 10 heteroatoms. The number of benzene rings is 2. The molecule has 32 heavy (non-hydrogen) atoms. The second-order valence-corrected chi connectivity index (χ2v) is 9.24. The van der Waals surface area contributed by atoms with E-state index < -0.39 is 15.9 Å². The molecule has 2 heterocycles. The maximum absolute atomic E-state index is 13.3. The van der Waals surface area contributed by atoms with E-state index in [2.05, 4.69) is 15.5 Å². The minimum Gasteiger partial charge on any atom is -0.379 e. The molecule has 0 spiro atoms. The number of rotatable bonds is 6. The molecule has 1 aromatic heterocycles. The van der Waals surface area contributed by atoms with Crippen molar-refractivity contribution in [2.75, 3.05) is 31.6 Å². The van der Waals surface area contributed by atoms with Crippen molar-refractivity contribution in [2.24, 2.45) is 0 Å². The minimum absolute atomic E-state index is 0.150. The largest absolute Gasteiger partial charge is 0.379 e. The zero-order valence-corrected chi connectivity index (χ0v) is 18.7. The van der Waals surface area contributed by atoms with Crippen LogP contribution in [-0.2, 0) is 21.2 Å². The van der Waals surface area contributed by atoms with Gasteiger partial charge in [-0.2, -0.15) is 9.29 Å². The Morgan fingerprint density at radius 3 is 2.59 bits per heavy atom. The van der Waals surface area contributed by atoms with E-state index in [0.717, 1.165) is 0 Å². The number of carbonyl (C=O) groups is 1. The molecule has 0 atom stereocenters. The van der Waals surface area contributed by atoms with Crippen molar-refractivity contribution >= 4 is 21.6 Å². The minimum atomic E-state index is -3.74. The number of sulfonamides is 1. The average molecular weight is 457 g/mol. The summed E-state index contributed by atoms with van der Waals surface area (Å²) < 4.78 is 38.2. The van der Waals surface area contributed by atoms with Crippen molar-refractivity contribution in [1.82, 2.24) is 14.4 Å². The van der Waals surface area contributed by atoms with Crippen LogP contribution in [0.1, 0.15) is 28.7 Å². The smallest absolute Gasteiger partial charge is 0.255 e. The highest BCUT2D eigenvalue weighted by atomic mass is 32.2. The Hall–Kier alpha value is -3.08. The Morgan fingerprint density at radius 1 is 1.16 bits per heavy atom. The Balaban J connectivity index is 1.65. The molecule has 0 unspecified atom stereocenters. The van der Waals surface area contributed by atoms with Gasteiger partial charge in [0.15, 0.2) is 0 Å². The lowest BCUT2D eigenvalue weighted by Crippen LogP contribution is -2.41. The highest BCUT2D eigenvalue weighted by molar-refractivity contribution is 7.89. The van der Waals surface area contributed by atoms with E-state index in [9.17, 15) is 13.2 Å². The predicted molar refractivity (Wildman–Crippen MR) is 118 cm³/mol. The van der Waals surface area contributed by atoms with E-state index >= 15 is 0 Å². The van der Waals surface area contributed by atoms with Crippen LogP contribution in [0.3, 0.4) is 0 Å². The number of hydrogen-bond donors (Lipinski definition) is 1. The number of morpholine rings is 1. The first-order valence-electron chi connectivity index (χ1n) is 10.3. The number of ether oxygens (including phenoxy) is 1. The fourth-order valence-electron chi connectivity index (χ4n) is 3.54. The lowest BCUT2D eigenvalue weighted by Gasteiger charge is -2.27. The van der Waals surface area contributed by atoms with E-state index in [0.29, 0.717) is 61.3 Å². The van der Waals surface area contributed by atoms with Crippen LogP contribution in [0.5, 0.6) is 0 Å². The molecule has 1 fully saturated rings. The first kappa shape index (κ1) is 22.1. The van der Waals surface area contributed by atoms with E-state index in [4.69, 9.17) is 9.26 Å². The monoisotopic (exact) mass is 456 g/mol. The van der Waals surface area contributed by atoms with Gasteiger partial charge in [-0.3, -0.25) is 4.79 Å². The molecule has 0 aliphatic carbocycles. The van der Waals surface area contributed by atoms with Gasteiger partial charge in [-0.25, -0.2) is 8.42 Å². The summed E-state index contributed by atoms with van der Waals surface area (Å²) in [7, 11) is -3.74. The summed E-state index contributed by atoms with van der Waals surface area (Å²) in [6, 6.07) is 11.9. The van der Waals surface area contributed by atoms with Crippen molar-refractivity contribution in [3.8, 4) is 11.4 Å². The fourth-order valence-corrected chi connectivity index (χ4v) is 5.27. The van der Waals surface area contributed by atoms with Crippen molar-refractivity contribution in [1.29, 1.82) is 0 Å². The third kappa shape index (κ3) is 4.43. The zero-order chi connectivity index (χ0) is 22.7. The van der Waals surface area contributed by atoms with E-state index in [-0.39, 0.29) is 10.5 Å². The SMILES string of the molecule is CCc1ccc(C(=O)Nc2ccccc2-c2noc(C)n2)cc1S(=O)(=O)N1CCOCC1. The Morgan fingerprint density at radius 2 is 1.91 bits per heavy atom. The molecule has 2 aromatic carbocycles. The molecular weight excluding hydrogens is 432 g/mol. The standard InChI is InChI=1S/C22H24N4O5S/c1-3-16-8-9-17(14-20(16)32(28,29)26-10-12-30-13-11-26)22(27)24-19-7-5-4-6-18(19)21-23-15(2)31-25-21/h4-9,14H,3,10-13H2,1-2H3,(H,24,27). The second-order valence-electron chi connectivity index (χ2n) is 7.33. The molecule has 0 bridgehead atoms. The molecule has 168 valence electrons. The first-order valence-corrected chi connectivity index (χ1v) is 11.8. The average Bonchev–Trinajstić information content (AvgIpc) is 3.25. The van der Waals surface area contributed by atoms with Gasteiger partial charge in [0.2, 0.25) is 21.7 Å². The summed E-state index contributed by atoms with van der Waals surface area (Å²) in [6.45, 7) is 4.86. The lowest BCUT2D eigenvalue weighted by molar-refractivity contribution is 0.0730. The molecule has 1 N–H and O–H groups in total. The number of hydrogen-bond acceptors (Lipinski definition) is 7. The first-order chi connectivity index (χ1) is 15.4. The van der Waals surface area contributed by atoms with Gasteiger partial charge in [0, 0.05) is 31.1 Å². The number of carbonyl (C=O) groups excluding carboxylic acids is 1. The summed E-state index contributed by atoms with van der Waals surface area (Å²) in [5, 5.41) is 6.76. The number of para-hydroxylation sites is 1. The highest BCUT2D eigenvalue weighted by Crippen LogP contribution is 2.27. The molecule has 1 amide bonds.